The first-order valence-corrected chi connectivity index (χ1v) is 12.1. The van der Waals surface area contributed by atoms with Crippen LogP contribution in [-0.4, -0.2) is 48.9 Å². The Morgan fingerprint density at radius 2 is 1.83 bits per heavy atom. The van der Waals surface area contributed by atoms with Crippen LogP contribution in [0.5, 0.6) is 0 Å². The van der Waals surface area contributed by atoms with Crippen LogP contribution in [0.4, 0.5) is 0 Å². The quantitative estimate of drug-likeness (QED) is 0.488. The van der Waals surface area contributed by atoms with Gasteiger partial charge in [0, 0.05) is 24.6 Å². The van der Waals surface area contributed by atoms with E-state index in [2.05, 4.69) is 60.3 Å². The summed E-state index contributed by atoms with van der Waals surface area (Å²) < 4.78 is 1.68. The molecule has 35 heavy (non-hydrogen) atoms. The van der Waals surface area contributed by atoms with Crippen molar-refractivity contribution in [2.45, 2.75) is 51.5 Å². The third-order valence-corrected chi connectivity index (χ3v) is 6.66. The van der Waals surface area contributed by atoms with Gasteiger partial charge in [0.25, 0.3) is 11.5 Å². The van der Waals surface area contributed by atoms with E-state index in [1.54, 1.807) is 4.68 Å². The SMILES string of the molecule is CC(C)(C)c1ccc(Cn2nnc3c(=O)[nH]c([C@H]4CCCN(C(=O)c5ccccc5)C4)nc32)cc1. The molecule has 2 aromatic heterocycles. The Kier molecular flexibility index (Phi) is 5.96. The first-order chi connectivity index (χ1) is 16.8. The molecule has 8 nitrogen and oxygen atoms in total. The summed E-state index contributed by atoms with van der Waals surface area (Å²) in [6.45, 7) is 8.23. The number of nitrogens with zero attached hydrogens (tertiary/aromatic N) is 5. The number of rotatable bonds is 4. The number of benzene rings is 2. The van der Waals surface area contributed by atoms with Gasteiger partial charge in [-0.2, -0.15) is 0 Å². The van der Waals surface area contributed by atoms with E-state index >= 15 is 0 Å². The molecule has 180 valence electrons. The lowest BCUT2D eigenvalue weighted by atomic mass is 9.87. The van der Waals surface area contributed by atoms with Crippen LogP contribution in [0.3, 0.4) is 0 Å². The van der Waals surface area contributed by atoms with Gasteiger partial charge in [-0.05, 0) is 41.5 Å². The number of nitrogens with one attached hydrogen (secondary N) is 1. The minimum atomic E-state index is -0.300. The number of aromatic amines is 1. The molecule has 3 heterocycles. The van der Waals surface area contributed by atoms with Crippen molar-refractivity contribution in [3.8, 4) is 0 Å². The zero-order valence-corrected chi connectivity index (χ0v) is 20.4. The smallest absolute Gasteiger partial charge is 0.281 e. The van der Waals surface area contributed by atoms with E-state index in [1.807, 2.05) is 35.2 Å². The lowest BCUT2D eigenvalue weighted by Crippen LogP contribution is -2.39. The first-order valence-electron chi connectivity index (χ1n) is 12.1. The maximum absolute atomic E-state index is 13.0. The van der Waals surface area contributed by atoms with E-state index in [-0.39, 0.29) is 28.3 Å². The van der Waals surface area contributed by atoms with Gasteiger partial charge < -0.3 is 9.88 Å². The molecule has 8 heteroatoms. The van der Waals surface area contributed by atoms with Crippen molar-refractivity contribution in [1.29, 1.82) is 0 Å². The fourth-order valence-electron chi connectivity index (χ4n) is 4.61. The molecule has 5 rings (SSSR count). The zero-order valence-electron chi connectivity index (χ0n) is 20.4. The second kappa shape index (κ2) is 9.09. The molecule has 0 spiro atoms. The van der Waals surface area contributed by atoms with E-state index in [0.717, 1.165) is 18.4 Å². The molecule has 4 aromatic rings. The van der Waals surface area contributed by atoms with Crippen LogP contribution in [0.1, 0.15) is 66.8 Å². The third kappa shape index (κ3) is 4.73. The standard InChI is InChI=1S/C27H30N6O2/c1-27(2,3)21-13-11-18(12-14-21)16-33-24-22(30-31-33)25(34)29-23(28-24)20-10-7-15-32(17-20)26(35)19-8-5-4-6-9-19/h4-6,8-9,11-14,20H,7,10,15-17H2,1-3H3,(H,28,29,34)/t20-/m0/s1. The predicted octanol–water partition coefficient (Wildman–Crippen LogP) is 3.88. The highest BCUT2D eigenvalue weighted by Gasteiger charge is 2.28. The van der Waals surface area contributed by atoms with Crippen molar-refractivity contribution >= 4 is 17.1 Å². The molecule has 1 fully saturated rings. The topological polar surface area (TPSA) is 96.8 Å². The summed E-state index contributed by atoms with van der Waals surface area (Å²) in [5.74, 6) is 0.534. The zero-order chi connectivity index (χ0) is 24.6. The van der Waals surface area contributed by atoms with Crippen molar-refractivity contribution < 1.29 is 4.79 Å². The van der Waals surface area contributed by atoms with Gasteiger partial charge in [-0.1, -0.05) is 68.4 Å². The average molecular weight is 471 g/mol. The highest BCUT2D eigenvalue weighted by molar-refractivity contribution is 5.94. The van der Waals surface area contributed by atoms with Crippen molar-refractivity contribution in [2.24, 2.45) is 0 Å². The molecule has 0 bridgehead atoms. The molecule has 1 N–H and O–H groups in total. The Morgan fingerprint density at radius 1 is 1.09 bits per heavy atom. The Hall–Kier alpha value is -3.81. The Bertz CT molecular complexity index is 1400. The van der Waals surface area contributed by atoms with Crippen LogP contribution >= 0.6 is 0 Å². The van der Waals surface area contributed by atoms with Gasteiger partial charge in [-0.25, -0.2) is 9.67 Å². The van der Waals surface area contributed by atoms with Crippen molar-refractivity contribution in [3.05, 3.63) is 87.5 Å². The van der Waals surface area contributed by atoms with E-state index in [0.29, 0.717) is 36.7 Å². The van der Waals surface area contributed by atoms with E-state index in [1.165, 1.54) is 5.56 Å². The minimum Gasteiger partial charge on any atom is -0.338 e. The van der Waals surface area contributed by atoms with Crippen LogP contribution in [0.2, 0.25) is 0 Å². The van der Waals surface area contributed by atoms with Gasteiger partial charge in [-0.15, -0.1) is 5.10 Å². The second-order valence-corrected chi connectivity index (χ2v) is 10.3. The van der Waals surface area contributed by atoms with Crippen LogP contribution in [0.15, 0.2) is 59.4 Å². The summed E-state index contributed by atoms with van der Waals surface area (Å²) >= 11 is 0. The van der Waals surface area contributed by atoms with Gasteiger partial charge in [0.1, 0.15) is 5.82 Å². The summed E-state index contributed by atoms with van der Waals surface area (Å²) in [5.41, 5.74) is 3.47. The van der Waals surface area contributed by atoms with Gasteiger partial charge >= 0.3 is 0 Å². The molecule has 1 amide bonds. The maximum atomic E-state index is 13.0. The van der Waals surface area contributed by atoms with Crippen LogP contribution < -0.4 is 5.56 Å². The minimum absolute atomic E-state index is 0.00383. The number of hydrogen-bond donors (Lipinski definition) is 1. The second-order valence-electron chi connectivity index (χ2n) is 10.3. The number of H-pyrrole nitrogens is 1. The molecular formula is C27H30N6O2. The Labute approximate surface area is 204 Å². The summed E-state index contributed by atoms with van der Waals surface area (Å²) in [7, 11) is 0. The first kappa shape index (κ1) is 23.0. The highest BCUT2D eigenvalue weighted by atomic mass is 16.2. The van der Waals surface area contributed by atoms with Crippen LogP contribution in [-0.2, 0) is 12.0 Å². The van der Waals surface area contributed by atoms with Gasteiger partial charge in [0.2, 0.25) is 0 Å². The largest absolute Gasteiger partial charge is 0.338 e. The molecule has 1 saturated heterocycles. The normalized spacial score (nSPS) is 16.5. The molecule has 2 aromatic carbocycles. The maximum Gasteiger partial charge on any atom is 0.281 e. The molecule has 1 aliphatic rings. The summed E-state index contributed by atoms with van der Waals surface area (Å²) in [6.07, 6.45) is 1.70. The monoisotopic (exact) mass is 470 g/mol. The number of hydrogen-bond acceptors (Lipinski definition) is 5. The van der Waals surface area contributed by atoms with Gasteiger partial charge in [-0.3, -0.25) is 9.59 Å². The Morgan fingerprint density at radius 3 is 2.54 bits per heavy atom. The summed E-state index contributed by atoms with van der Waals surface area (Å²) in [5, 5.41) is 8.29. The number of carbonyl (C=O) groups is 1. The van der Waals surface area contributed by atoms with Crippen LogP contribution in [0.25, 0.3) is 11.2 Å². The fourth-order valence-corrected chi connectivity index (χ4v) is 4.61. The summed E-state index contributed by atoms with van der Waals surface area (Å²) in [6, 6.07) is 17.7. The van der Waals surface area contributed by atoms with Crippen molar-refractivity contribution in [3.63, 3.8) is 0 Å². The summed E-state index contributed by atoms with van der Waals surface area (Å²) in [4.78, 5) is 35.3. The highest BCUT2D eigenvalue weighted by Crippen LogP contribution is 2.26. The molecule has 1 atom stereocenters. The van der Waals surface area contributed by atoms with E-state index < -0.39 is 0 Å². The fraction of sp³-hybridized carbons (Fsp3) is 0.370. The van der Waals surface area contributed by atoms with Crippen LogP contribution in [0, 0.1) is 0 Å². The van der Waals surface area contributed by atoms with Gasteiger partial charge in [0.15, 0.2) is 11.2 Å². The number of amides is 1. The van der Waals surface area contributed by atoms with E-state index in [4.69, 9.17) is 4.98 Å². The number of carbonyl (C=O) groups excluding carboxylic acids is 1. The Balaban J connectivity index is 1.40. The van der Waals surface area contributed by atoms with Crippen molar-refractivity contribution in [1.82, 2.24) is 29.9 Å². The lowest BCUT2D eigenvalue weighted by molar-refractivity contribution is 0.0704. The molecule has 1 aliphatic heterocycles. The van der Waals surface area contributed by atoms with Crippen molar-refractivity contribution in [2.75, 3.05) is 13.1 Å². The molecular weight excluding hydrogens is 440 g/mol. The molecule has 0 saturated carbocycles. The average Bonchev–Trinajstić information content (AvgIpc) is 3.27. The third-order valence-electron chi connectivity index (χ3n) is 6.66. The number of likely N-dealkylation sites (tertiary alicyclic amines) is 1. The lowest BCUT2D eigenvalue weighted by Gasteiger charge is -2.32. The van der Waals surface area contributed by atoms with E-state index in [9.17, 15) is 9.59 Å². The number of fused-ring (bicyclic) bond motifs is 1. The molecule has 0 unspecified atom stereocenters. The predicted molar refractivity (Wildman–Crippen MR) is 135 cm³/mol. The number of piperidine rings is 1. The molecule has 0 aliphatic carbocycles. The van der Waals surface area contributed by atoms with Gasteiger partial charge in [0.05, 0.1) is 6.54 Å². The molecule has 0 radical (unpaired) electrons. The number of aromatic nitrogens is 5.